The lowest BCUT2D eigenvalue weighted by Gasteiger charge is -2.12. The number of carbonyl (C=O) groups excluding carboxylic acids is 1. The Morgan fingerprint density at radius 3 is 2.59 bits per heavy atom. The summed E-state index contributed by atoms with van der Waals surface area (Å²) >= 11 is 4.46. The highest BCUT2D eigenvalue weighted by Gasteiger charge is 2.16. The zero-order valence-corrected chi connectivity index (χ0v) is 17.4. The number of carbonyl (C=O) groups is 1. The van der Waals surface area contributed by atoms with Gasteiger partial charge in [0.1, 0.15) is 5.82 Å². The molecule has 3 rings (SSSR count). The number of amides is 1. The third-order valence-electron chi connectivity index (χ3n) is 3.83. The average Bonchev–Trinajstić information content (AvgIpc) is 3.03. The second-order valence-electron chi connectivity index (χ2n) is 6.08. The maximum atomic E-state index is 13.1. The van der Waals surface area contributed by atoms with Gasteiger partial charge in [0.25, 0.3) is 0 Å². The SMILES string of the molecule is Cc1cc(C)c(-n2nnnc2SCC(=O)Nc2ccc(F)cc2Br)c(C)c1. The van der Waals surface area contributed by atoms with Gasteiger partial charge in [-0.1, -0.05) is 29.5 Å². The number of thioether (sulfide) groups is 1. The van der Waals surface area contributed by atoms with Gasteiger partial charge in [-0.15, -0.1) is 5.10 Å². The number of aromatic nitrogens is 4. The number of aryl methyl sites for hydroxylation is 3. The summed E-state index contributed by atoms with van der Waals surface area (Å²) in [7, 11) is 0. The second kappa shape index (κ2) is 8.18. The van der Waals surface area contributed by atoms with Crippen LogP contribution in [-0.4, -0.2) is 31.9 Å². The van der Waals surface area contributed by atoms with Crippen LogP contribution >= 0.6 is 27.7 Å². The molecule has 0 bridgehead atoms. The maximum Gasteiger partial charge on any atom is 0.234 e. The Morgan fingerprint density at radius 2 is 1.93 bits per heavy atom. The predicted octanol–water partition coefficient (Wildman–Crippen LogP) is 4.22. The monoisotopic (exact) mass is 449 g/mol. The third kappa shape index (κ3) is 4.54. The van der Waals surface area contributed by atoms with Crippen molar-refractivity contribution >= 4 is 39.3 Å². The van der Waals surface area contributed by atoms with Gasteiger partial charge in [0, 0.05) is 4.47 Å². The summed E-state index contributed by atoms with van der Waals surface area (Å²) in [6.07, 6.45) is 0. The van der Waals surface area contributed by atoms with Crippen LogP contribution in [0.5, 0.6) is 0 Å². The fourth-order valence-electron chi connectivity index (χ4n) is 2.82. The number of rotatable bonds is 5. The van der Waals surface area contributed by atoms with Crippen molar-refractivity contribution in [1.82, 2.24) is 20.2 Å². The van der Waals surface area contributed by atoms with Gasteiger partial charge in [-0.25, -0.2) is 4.39 Å². The largest absolute Gasteiger partial charge is 0.324 e. The van der Waals surface area contributed by atoms with Crippen LogP contribution in [0.25, 0.3) is 5.69 Å². The minimum Gasteiger partial charge on any atom is -0.324 e. The van der Waals surface area contributed by atoms with Crippen LogP contribution < -0.4 is 5.32 Å². The molecule has 0 aliphatic rings. The van der Waals surface area contributed by atoms with Crippen LogP contribution in [0.15, 0.2) is 40.0 Å². The van der Waals surface area contributed by atoms with E-state index in [-0.39, 0.29) is 17.5 Å². The van der Waals surface area contributed by atoms with E-state index >= 15 is 0 Å². The van der Waals surface area contributed by atoms with E-state index in [0.717, 1.165) is 16.8 Å². The van der Waals surface area contributed by atoms with Crippen molar-refractivity contribution in [3.05, 3.63) is 57.3 Å². The minimum absolute atomic E-state index is 0.119. The maximum absolute atomic E-state index is 13.1. The molecule has 140 valence electrons. The van der Waals surface area contributed by atoms with Gasteiger partial charge in [0.15, 0.2) is 0 Å². The van der Waals surface area contributed by atoms with Gasteiger partial charge in [-0.2, -0.15) is 4.68 Å². The molecule has 6 nitrogen and oxygen atoms in total. The predicted molar refractivity (Wildman–Crippen MR) is 107 cm³/mol. The van der Waals surface area contributed by atoms with Crippen LogP contribution in [0, 0.1) is 26.6 Å². The first-order valence-electron chi connectivity index (χ1n) is 8.09. The van der Waals surface area contributed by atoms with E-state index in [0.29, 0.717) is 15.3 Å². The summed E-state index contributed by atoms with van der Waals surface area (Å²) in [6, 6.07) is 8.22. The van der Waals surface area contributed by atoms with Crippen molar-refractivity contribution < 1.29 is 9.18 Å². The molecule has 0 spiro atoms. The molecule has 0 radical (unpaired) electrons. The summed E-state index contributed by atoms with van der Waals surface area (Å²) in [5.74, 6) is -0.495. The van der Waals surface area contributed by atoms with Crippen LogP contribution in [0.2, 0.25) is 0 Å². The molecule has 1 heterocycles. The van der Waals surface area contributed by atoms with E-state index < -0.39 is 0 Å². The lowest BCUT2D eigenvalue weighted by Crippen LogP contribution is -2.15. The summed E-state index contributed by atoms with van der Waals surface area (Å²) in [5.41, 5.74) is 4.70. The van der Waals surface area contributed by atoms with Crippen LogP contribution in [0.1, 0.15) is 16.7 Å². The summed E-state index contributed by atoms with van der Waals surface area (Å²) in [6.45, 7) is 6.05. The molecule has 2 aromatic carbocycles. The quantitative estimate of drug-likeness (QED) is 0.590. The average molecular weight is 450 g/mol. The van der Waals surface area contributed by atoms with Crippen molar-refractivity contribution in [2.75, 3.05) is 11.1 Å². The van der Waals surface area contributed by atoms with Gasteiger partial charge in [-0.3, -0.25) is 4.79 Å². The highest BCUT2D eigenvalue weighted by Crippen LogP contribution is 2.26. The Balaban J connectivity index is 1.73. The first-order valence-corrected chi connectivity index (χ1v) is 9.87. The van der Waals surface area contributed by atoms with Crippen molar-refractivity contribution in [3.8, 4) is 5.69 Å². The lowest BCUT2D eigenvalue weighted by molar-refractivity contribution is -0.113. The molecule has 0 unspecified atom stereocenters. The number of anilines is 1. The number of nitrogens with zero attached hydrogens (tertiary/aromatic N) is 4. The van der Waals surface area contributed by atoms with Crippen molar-refractivity contribution in [3.63, 3.8) is 0 Å². The molecule has 1 amide bonds. The van der Waals surface area contributed by atoms with Crippen LogP contribution in [0.4, 0.5) is 10.1 Å². The van der Waals surface area contributed by atoms with E-state index in [2.05, 4.69) is 48.9 Å². The number of nitrogens with one attached hydrogen (secondary N) is 1. The zero-order valence-electron chi connectivity index (χ0n) is 15.0. The van der Waals surface area contributed by atoms with E-state index in [9.17, 15) is 9.18 Å². The molecule has 0 aliphatic carbocycles. The normalized spacial score (nSPS) is 10.9. The van der Waals surface area contributed by atoms with E-state index in [4.69, 9.17) is 0 Å². The first-order chi connectivity index (χ1) is 12.8. The number of hydrogen-bond acceptors (Lipinski definition) is 5. The number of tetrazole rings is 1. The molecule has 27 heavy (non-hydrogen) atoms. The molecular weight excluding hydrogens is 433 g/mol. The standard InChI is InChI=1S/C18H17BrFN5OS/c1-10-6-11(2)17(12(3)7-10)25-18(22-23-24-25)27-9-16(26)21-15-5-4-13(20)8-14(15)19/h4-8H,9H2,1-3H3,(H,21,26). The topological polar surface area (TPSA) is 72.7 Å². The Bertz CT molecular complexity index is 984. The molecule has 0 saturated heterocycles. The molecule has 0 saturated carbocycles. The highest BCUT2D eigenvalue weighted by atomic mass is 79.9. The number of halogens is 2. The Hall–Kier alpha value is -2.26. The molecule has 9 heteroatoms. The molecule has 1 N–H and O–H groups in total. The fraction of sp³-hybridized carbons (Fsp3) is 0.222. The fourth-order valence-corrected chi connectivity index (χ4v) is 3.95. The first kappa shape index (κ1) is 19.5. The minimum atomic E-state index is -0.378. The van der Waals surface area contributed by atoms with Gasteiger partial charge in [0.2, 0.25) is 11.1 Å². The third-order valence-corrected chi connectivity index (χ3v) is 5.40. The lowest BCUT2D eigenvalue weighted by atomic mass is 10.1. The smallest absolute Gasteiger partial charge is 0.234 e. The van der Waals surface area contributed by atoms with E-state index in [1.54, 1.807) is 4.68 Å². The molecule has 3 aromatic rings. The second-order valence-corrected chi connectivity index (χ2v) is 7.88. The van der Waals surface area contributed by atoms with Gasteiger partial charge >= 0.3 is 0 Å². The van der Waals surface area contributed by atoms with Crippen LogP contribution in [0.3, 0.4) is 0 Å². The van der Waals surface area contributed by atoms with Gasteiger partial charge < -0.3 is 5.32 Å². The summed E-state index contributed by atoms with van der Waals surface area (Å²) in [4.78, 5) is 12.2. The number of benzene rings is 2. The van der Waals surface area contributed by atoms with Crippen LogP contribution in [-0.2, 0) is 4.79 Å². The number of hydrogen-bond donors (Lipinski definition) is 1. The summed E-state index contributed by atoms with van der Waals surface area (Å²) in [5, 5.41) is 15.1. The van der Waals surface area contributed by atoms with E-state index in [1.807, 2.05) is 20.8 Å². The van der Waals surface area contributed by atoms with Gasteiger partial charge in [-0.05, 0) is 76.5 Å². The Labute approximate surface area is 168 Å². The molecule has 0 aliphatic heterocycles. The molecule has 0 atom stereocenters. The van der Waals surface area contributed by atoms with Gasteiger partial charge in [0.05, 0.1) is 17.1 Å². The Morgan fingerprint density at radius 1 is 1.22 bits per heavy atom. The molecular formula is C18H17BrFN5OS. The molecule has 0 fully saturated rings. The summed E-state index contributed by atoms with van der Waals surface area (Å²) < 4.78 is 15.3. The zero-order chi connectivity index (χ0) is 19.6. The molecule has 1 aromatic heterocycles. The van der Waals surface area contributed by atoms with Crippen molar-refractivity contribution in [2.24, 2.45) is 0 Å². The Kier molecular flexibility index (Phi) is 5.91. The van der Waals surface area contributed by atoms with Crippen molar-refractivity contribution in [2.45, 2.75) is 25.9 Å². The van der Waals surface area contributed by atoms with Crippen molar-refractivity contribution in [1.29, 1.82) is 0 Å². The highest BCUT2D eigenvalue weighted by molar-refractivity contribution is 9.10. The van der Waals surface area contributed by atoms with E-state index in [1.165, 1.54) is 35.5 Å².